The molecule has 92 valence electrons. The lowest BCUT2D eigenvalue weighted by atomic mass is 9.81. The van der Waals surface area contributed by atoms with Gasteiger partial charge in [0, 0.05) is 25.9 Å². The van der Waals surface area contributed by atoms with E-state index in [9.17, 15) is 0 Å². The molecule has 3 heterocycles. The van der Waals surface area contributed by atoms with Gasteiger partial charge in [-0.3, -0.25) is 0 Å². The number of aryl methyl sites for hydroxylation is 1. The van der Waals surface area contributed by atoms with Crippen molar-refractivity contribution in [2.75, 3.05) is 26.3 Å². The van der Waals surface area contributed by atoms with E-state index in [0.717, 1.165) is 25.6 Å². The van der Waals surface area contributed by atoms with E-state index in [2.05, 4.69) is 15.5 Å². The molecule has 2 aliphatic heterocycles. The molecule has 0 aliphatic carbocycles. The maximum atomic E-state index is 5.53. The first-order valence-corrected chi connectivity index (χ1v) is 4.90. The molecule has 0 saturated carbocycles. The molecule has 0 amide bonds. The first-order chi connectivity index (χ1) is 6.81. The molecular formula is C9H15Cl2N3O2. The van der Waals surface area contributed by atoms with Gasteiger partial charge in [-0.05, 0) is 0 Å². The van der Waals surface area contributed by atoms with Gasteiger partial charge in [-0.2, -0.15) is 0 Å². The van der Waals surface area contributed by atoms with Crippen molar-refractivity contribution in [3.8, 4) is 0 Å². The molecule has 0 radical (unpaired) electrons. The fourth-order valence-electron chi connectivity index (χ4n) is 2.39. The topological polar surface area (TPSA) is 60.2 Å². The van der Waals surface area contributed by atoms with E-state index in [1.54, 1.807) is 0 Å². The number of ether oxygens (including phenoxy) is 1. The van der Waals surface area contributed by atoms with E-state index < -0.39 is 0 Å². The highest BCUT2D eigenvalue weighted by Gasteiger charge is 2.52. The van der Waals surface area contributed by atoms with Crippen molar-refractivity contribution in [1.82, 2.24) is 15.5 Å². The van der Waals surface area contributed by atoms with Gasteiger partial charge in [0.2, 0.25) is 11.8 Å². The van der Waals surface area contributed by atoms with Crippen molar-refractivity contribution in [2.24, 2.45) is 5.92 Å². The van der Waals surface area contributed by atoms with Crippen molar-refractivity contribution >= 4 is 24.8 Å². The van der Waals surface area contributed by atoms with Gasteiger partial charge in [0.1, 0.15) is 0 Å². The molecule has 2 aliphatic rings. The molecule has 2 saturated heterocycles. The Kier molecular flexibility index (Phi) is 4.17. The number of hydrogen-bond acceptors (Lipinski definition) is 5. The van der Waals surface area contributed by atoms with Crippen LogP contribution < -0.4 is 5.32 Å². The number of nitrogens with zero attached hydrogens (tertiary/aromatic N) is 2. The summed E-state index contributed by atoms with van der Waals surface area (Å²) in [7, 11) is 0. The Labute approximate surface area is 106 Å². The highest BCUT2D eigenvalue weighted by molar-refractivity contribution is 5.85. The Balaban J connectivity index is 0.000000640. The summed E-state index contributed by atoms with van der Waals surface area (Å²) in [6.07, 6.45) is 0. The van der Waals surface area contributed by atoms with Crippen LogP contribution in [-0.2, 0) is 10.2 Å². The number of rotatable bonds is 1. The maximum Gasteiger partial charge on any atom is 0.226 e. The zero-order chi connectivity index (χ0) is 9.60. The van der Waals surface area contributed by atoms with Gasteiger partial charge in [0.15, 0.2) is 0 Å². The highest BCUT2D eigenvalue weighted by atomic mass is 35.5. The first kappa shape index (κ1) is 13.7. The SMILES string of the molecule is Cc1nnc([C@]23CNC[C@H]2COC3)o1.Cl.Cl. The highest BCUT2D eigenvalue weighted by Crippen LogP contribution is 2.39. The fraction of sp³-hybridized carbons (Fsp3) is 0.778. The Hall–Kier alpha value is -0.360. The van der Waals surface area contributed by atoms with Crippen LogP contribution in [0.4, 0.5) is 0 Å². The Bertz CT molecular complexity index is 348. The molecule has 2 atom stereocenters. The van der Waals surface area contributed by atoms with E-state index in [1.807, 2.05) is 6.92 Å². The van der Waals surface area contributed by atoms with E-state index in [-0.39, 0.29) is 30.2 Å². The largest absolute Gasteiger partial charge is 0.425 e. The Morgan fingerprint density at radius 2 is 2.19 bits per heavy atom. The standard InChI is InChI=1S/C9H13N3O2.2ClH/c1-6-11-12-8(14-6)9-4-10-2-7(9)3-13-5-9;;/h7,10H,2-5H2,1H3;2*1H/t7-,9-;;/m0../s1. The summed E-state index contributed by atoms with van der Waals surface area (Å²) >= 11 is 0. The molecule has 0 spiro atoms. The van der Waals surface area contributed by atoms with E-state index in [1.165, 1.54) is 0 Å². The summed E-state index contributed by atoms with van der Waals surface area (Å²) in [4.78, 5) is 0. The van der Waals surface area contributed by atoms with Crippen LogP contribution in [0.1, 0.15) is 11.8 Å². The van der Waals surface area contributed by atoms with E-state index in [4.69, 9.17) is 9.15 Å². The molecule has 1 N–H and O–H groups in total. The second-order valence-electron chi connectivity index (χ2n) is 4.13. The van der Waals surface area contributed by atoms with E-state index in [0.29, 0.717) is 18.4 Å². The molecule has 1 aromatic rings. The quantitative estimate of drug-likeness (QED) is 0.812. The lowest BCUT2D eigenvalue weighted by Crippen LogP contribution is -2.35. The molecule has 7 heteroatoms. The summed E-state index contributed by atoms with van der Waals surface area (Å²) in [6, 6.07) is 0. The summed E-state index contributed by atoms with van der Waals surface area (Å²) in [5.41, 5.74) is -0.0543. The van der Waals surface area contributed by atoms with Crippen LogP contribution in [-0.4, -0.2) is 36.5 Å². The third kappa shape index (κ3) is 1.82. The molecule has 1 aromatic heterocycles. The maximum absolute atomic E-state index is 5.53. The van der Waals surface area contributed by atoms with Gasteiger partial charge in [-0.15, -0.1) is 35.0 Å². The monoisotopic (exact) mass is 267 g/mol. The number of halogens is 2. The molecule has 3 rings (SSSR count). The van der Waals surface area contributed by atoms with Gasteiger partial charge in [-0.1, -0.05) is 0 Å². The smallest absolute Gasteiger partial charge is 0.226 e. The minimum Gasteiger partial charge on any atom is -0.425 e. The fourth-order valence-corrected chi connectivity index (χ4v) is 2.39. The molecule has 0 bridgehead atoms. The third-order valence-corrected chi connectivity index (χ3v) is 3.24. The van der Waals surface area contributed by atoms with Crippen molar-refractivity contribution in [2.45, 2.75) is 12.3 Å². The Morgan fingerprint density at radius 3 is 2.88 bits per heavy atom. The minimum absolute atomic E-state index is 0. The van der Waals surface area contributed by atoms with E-state index >= 15 is 0 Å². The third-order valence-electron chi connectivity index (χ3n) is 3.24. The Morgan fingerprint density at radius 1 is 1.38 bits per heavy atom. The second-order valence-corrected chi connectivity index (χ2v) is 4.13. The van der Waals surface area contributed by atoms with Crippen molar-refractivity contribution in [3.63, 3.8) is 0 Å². The predicted octanol–water partition coefficient (Wildman–Crippen LogP) is 0.709. The zero-order valence-corrected chi connectivity index (χ0v) is 10.6. The van der Waals surface area contributed by atoms with Crippen LogP contribution >= 0.6 is 24.8 Å². The van der Waals surface area contributed by atoms with Crippen molar-refractivity contribution < 1.29 is 9.15 Å². The summed E-state index contributed by atoms with van der Waals surface area (Å²) < 4.78 is 11.0. The zero-order valence-electron chi connectivity index (χ0n) is 8.93. The summed E-state index contributed by atoms with van der Waals surface area (Å²) in [5.74, 6) is 1.86. The van der Waals surface area contributed by atoms with Crippen molar-refractivity contribution in [1.29, 1.82) is 0 Å². The average molecular weight is 268 g/mol. The lowest BCUT2D eigenvalue weighted by molar-refractivity contribution is 0.164. The van der Waals surface area contributed by atoms with Crippen LogP contribution in [0.25, 0.3) is 0 Å². The lowest BCUT2D eigenvalue weighted by Gasteiger charge is -2.20. The second kappa shape index (κ2) is 4.87. The molecule has 5 nitrogen and oxygen atoms in total. The molecule has 2 fully saturated rings. The number of aromatic nitrogens is 2. The number of hydrogen-bond donors (Lipinski definition) is 1. The normalized spacial score (nSPS) is 31.7. The predicted molar refractivity (Wildman–Crippen MR) is 62.4 cm³/mol. The number of nitrogens with one attached hydrogen (secondary N) is 1. The van der Waals surface area contributed by atoms with Gasteiger partial charge in [0.05, 0.1) is 18.6 Å². The summed E-state index contributed by atoms with van der Waals surface area (Å²) in [6.45, 7) is 5.20. The molecule has 16 heavy (non-hydrogen) atoms. The van der Waals surface area contributed by atoms with Crippen LogP contribution in [0.15, 0.2) is 4.42 Å². The van der Waals surface area contributed by atoms with Crippen LogP contribution in [0.2, 0.25) is 0 Å². The number of fused-ring (bicyclic) bond motifs is 1. The molecule has 0 aromatic carbocycles. The van der Waals surface area contributed by atoms with Crippen LogP contribution in [0.3, 0.4) is 0 Å². The van der Waals surface area contributed by atoms with Gasteiger partial charge >= 0.3 is 0 Å². The summed E-state index contributed by atoms with van der Waals surface area (Å²) in [5, 5.41) is 11.4. The minimum atomic E-state index is -0.0543. The van der Waals surface area contributed by atoms with Gasteiger partial charge < -0.3 is 14.5 Å². The molecular weight excluding hydrogens is 253 g/mol. The first-order valence-electron chi connectivity index (χ1n) is 4.90. The van der Waals surface area contributed by atoms with Gasteiger partial charge in [0.25, 0.3) is 0 Å². The van der Waals surface area contributed by atoms with Crippen LogP contribution in [0, 0.1) is 12.8 Å². The average Bonchev–Trinajstić information content (AvgIpc) is 2.75. The van der Waals surface area contributed by atoms with Gasteiger partial charge in [-0.25, -0.2) is 0 Å². The van der Waals surface area contributed by atoms with Crippen molar-refractivity contribution in [3.05, 3.63) is 11.8 Å². The van der Waals surface area contributed by atoms with Crippen LogP contribution in [0.5, 0.6) is 0 Å². The molecule has 0 unspecified atom stereocenters.